The minimum atomic E-state index is -0.0590. The van der Waals surface area contributed by atoms with Crippen LogP contribution in [0.4, 0.5) is 5.82 Å². The highest BCUT2D eigenvalue weighted by Crippen LogP contribution is 2.38. The Hall–Kier alpha value is -1.62. The summed E-state index contributed by atoms with van der Waals surface area (Å²) in [5.41, 5.74) is 0.598. The highest BCUT2D eigenvalue weighted by molar-refractivity contribution is 5.94. The molecule has 1 saturated heterocycles. The molecule has 1 amide bonds. The molecule has 102 valence electrons. The number of carbonyl (C=O) groups excluding carboxylic acids is 1. The van der Waals surface area contributed by atoms with E-state index in [0.717, 1.165) is 18.8 Å². The number of ether oxygens (including phenoxy) is 1. The fraction of sp³-hybridized carbons (Fsp3) is 0.571. The third kappa shape index (κ3) is 2.71. The second-order valence-corrected chi connectivity index (χ2v) is 5.22. The molecule has 2 heterocycles. The number of hydrogen-bond acceptors (Lipinski definition) is 4. The zero-order chi connectivity index (χ0) is 13.2. The second-order valence-electron chi connectivity index (χ2n) is 5.22. The number of amides is 1. The predicted molar refractivity (Wildman–Crippen MR) is 72.1 cm³/mol. The molecule has 0 aromatic carbocycles. The highest BCUT2D eigenvalue weighted by atomic mass is 16.5. The summed E-state index contributed by atoms with van der Waals surface area (Å²) in [5, 5.41) is 6.01. The molecule has 2 aliphatic rings. The van der Waals surface area contributed by atoms with Crippen LogP contribution in [-0.4, -0.2) is 36.7 Å². The van der Waals surface area contributed by atoms with Crippen molar-refractivity contribution in [3.63, 3.8) is 0 Å². The van der Waals surface area contributed by atoms with Crippen molar-refractivity contribution in [3.8, 4) is 0 Å². The van der Waals surface area contributed by atoms with Crippen molar-refractivity contribution < 1.29 is 9.53 Å². The first-order valence-electron chi connectivity index (χ1n) is 6.84. The van der Waals surface area contributed by atoms with Gasteiger partial charge in [-0.05, 0) is 37.3 Å². The number of nitrogens with one attached hydrogen (secondary N) is 2. The smallest absolute Gasteiger partial charge is 0.253 e. The number of nitrogens with zero attached hydrogens (tertiary/aromatic N) is 1. The highest BCUT2D eigenvalue weighted by Gasteiger charge is 2.41. The summed E-state index contributed by atoms with van der Waals surface area (Å²) in [6, 6.07) is 3.75. The number of carbonyl (C=O) groups is 1. The van der Waals surface area contributed by atoms with Gasteiger partial charge in [-0.3, -0.25) is 4.79 Å². The third-order valence-electron chi connectivity index (χ3n) is 3.82. The van der Waals surface area contributed by atoms with Crippen molar-refractivity contribution in [1.82, 2.24) is 10.3 Å². The Morgan fingerprint density at radius 3 is 2.84 bits per heavy atom. The zero-order valence-electron chi connectivity index (χ0n) is 11.1. The van der Waals surface area contributed by atoms with Crippen LogP contribution in [0.25, 0.3) is 0 Å². The summed E-state index contributed by atoms with van der Waals surface area (Å²) >= 11 is 0. The van der Waals surface area contributed by atoms with Gasteiger partial charge in [-0.25, -0.2) is 4.98 Å². The molecule has 5 heteroatoms. The lowest BCUT2D eigenvalue weighted by molar-refractivity contribution is 0.0729. The van der Waals surface area contributed by atoms with Crippen LogP contribution in [-0.2, 0) is 4.74 Å². The van der Waals surface area contributed by atoms with Gasteiger partial charge in [0.1, 0.15) is 5.82 Å². The van der Waals surface area contributed by atoms with Gasteiger partial charge < -0.3 is 15.4 Å². The second kappa shape index (κ2) is 5.17. The average molecular weight is 261 g/mol. The van der Waals surface area contributed by atoms with Crippen molar-refractivity contribution in [2.45, 2.75) is 31.4 Å². The van der Waals surface area contributed by atoms with Gasteiger partial charge in [0.15, 0.2) is 0 Å². The van der Waals surface area contributed by atoms with Gasteiger partial charge in [-0.1, -0.05) is 0 Å². The fourth-order valence-electron chi connectivity index (χ4n) is 2.58. The monoisotopic (exact) mass is 261 g/mol. The van der Waals surface area contributed by atoms with E-state index >= 15 is 0 Å². The van der Waals surface area contributed by atoms with E-state index in [1.165, 1.54) is 12.8 Å². The van der Waals surface area contributed by atoms with E-state index in [1.807, 2.05) is 0 Å². The van der Waals surface area contributed by atoms with Gasteiger partial charge in [-0.2, -0.15) is 0 Å². The maximum Gasteiger partial charge on any atom is 0.253 e. The molecule has 5 nitrogen and oxygen atoms in total. The molecule has 1 aromatic heterocycles. The molecule has 2 atom stereocenters. The minimum absolute atomic E-state index is 0.0590. The van der Waals surface area contributed by atoms with Crippen molar-refractivity contribution in [2.75, 3.05) is 19.0 Å². The lowest BCUT2D eigenvalue weighted by atomic mass is 10.1. The first kappa shape index (κ1) is 12.4. The van der Waals surface area contributed by atoms with Crippen LogP contribution in [0.5, 0.6) is 0 Å². The lowest BCUT2D eigenvalue weighted by Gasteiger charge is -2.19. The molecule has 1 aliphatic heterocycles. The summed E-state index contributed by atoms with van der Waals surface area (Å²) in [7, 11) is 1.80. The van der Waals surface area contributed by atoms with Crippen LogP contribution in [0.1, 0.15) is 29.6 Å². The topological polar surface area (TPSA) is 63.2 Å². The Labute approximate surface area is 112 Å². The normalized spacial score (nSPS) is 26.2. The Morgan fingerprint density at radius 2 is 2.21 bits per heavy atom. The first-order valence-corrected chi connectivity index (χ1v) is 6.84. The Morgan fingerprint density at radius 1 is 1.37 bits per heavy atom. The molecule has 1 aliphatic carbocycles. The maximum atomic E-state index is 12.2. The summed E-state index contributed by atoms with van der Waals surface area (Å²) in [6.45, 7) is 0.753. The van der Waals surface area contributed by atoms with Gasteiger partial charge in [-0.15, -0.1) is 0 Å². The van der Waals surface area contributed by atoms with Gasteiger partial charge in [0, 0.05) is 19.9 Å². The van der Waals surface area contributed by atoms with E-state index < -0.39 is 0 Å². The van der Waals surface area contributed by atoms with Crippen molar-refractivity contribution in [1.29, 1.82) is 0 Å². The molecule has 3 rings (SSSR count). The van der Waals surface area contributed by atoms with Crippen LogP contribution in [0.15, 0.2) is 18.3 Å². The van der Waals surface area contributed by atoms with Gasteiger partial charge >= 0.3 is 0 Å². The number of rotatable bonds is 4. The molecule has 1 saturated carbocycles. The SMILES string of the molecule is CNc1ccc(C(=O)NC2CCOC2C2CC2)cn1. The summed E-state index contributed by atoms with van der Waals surface area (Å²) in [6.07, 6.45) is 5.19. The lowest BCUT2D eigenvalue weighted by Crippen LogP contribution is -2.41. The van der Waals surface area contributed by atoms with E-state index in [1.54, 1.807) is 25.4 Å². The molecule has 2 N–H and O–H groups in total. The van der Waals surface area contributed by atoms with E-state index in [9.17, 15) is 4.79 Å². The molecule has 2 unspecified atom stereocenters. The molecular formula is C14H19N3O2. The van der Waals surface area contributed by atoms with E-state index in [4.69, 9.17) is 4.74 Å². The van der Waals surface area contributed by atoms with Crippen molar-refractivity contribution in [2.24, 2.45) is 5.92 Å². The van der Waals surface area contributed by atoms with Crippen molar-refractivity contribution >= 4 is 11.7 Å². The summed E-state index contributed by atoms with van der Waals surface area (Å²) < 4.78 is 5.72. The van der Waals surface area contributed by atoms with Gasteiger partial charge in [0.2, 0.25) is 0 Å². The molecule has 19 heavy (non-hydrogen) atoms. The number of pyridine rings is 1. The van der Waals surface area contributed by atoms with Crippen LogP contribution in [0.3, 0.4) is 0 Å². The van der Waals surface area contributed by atoms with Crippen LogP contribution in [0.2, 0.25) is 0 Å². The zero-order valence-corrected chi connectivity index (χ0v) is 11.1. The summed E-state index contributed by atoms with van der Waals surface area (Å²) in [4.78, 5) is 16.3. The van der Waals surface area contributed by atoms with E-state index in [-0.39, 0.29) is 18.1 Å². The van der Waals surface area contributed by atoms with Gasteiger partial charge in [0.25, 0.3) is 5.91 Å². The number of hydrogen-bond donors (Lipinski definition) is 2. The van der Waals surface area contributed by atoms with E-state index in [0.29, 0.717) is 11.5 Å². The minimum Gasteiger partial charge on any atom is -0.376 e. The quantitative estimate of drug-likeness (QED) is 0.860. The number of anilines is 1. The average Bonchev–Trinajstić information content (AvgIpc) is 3.19. The summed E-state index contributed by atoms with van der Waals surface area (Å²) in [5.74, 6) is 1.35. The van der Waals surface area contributed by atoms with E-state index in [2.05, 4.69) is 15.6 Å². The predicted octanol–water partition coefficient (Wildman–Crippen LogP) is 1.42. The Kier molecular flexibility index (Phi) is 3.38. The Bertz CT molecular complexity index is 456. The first-order chi connectivity index (χ1) is 9.28. The molecule has 2 fully saturated rings. The molecule has 0 bridgehead atoms. The maximum absolute atomic E-state index is 12.2. The number of aromatic nitrogens is 1. The molecular weight excluding hydrogens is 242 g/mol. The Balaban J connectivity index is 1.63. The van der Waals surface area contributed by atoms with Crippen molar-refractivity contribution in [3.05, 3.63) is 23.9 Å². The van der Waals surface area contributed by atoms with Crippen LogP contribution in [0, 0.1) is 5.92 Å². The molecule has 1 aromatic rings. The standard InChI is InChI=1S/C14H19N3O2/c1-15-12-5-4-10(8-16-12)14(18)17-11-6-7-19-13(11)9-2-3-9/h4-5,8-9,11,13H,2-3,6-7H2,1H3,(H,15,16)(H,17,18). The fourth-order valence-corrected chi connectivity index (χ4v) is 2.58. The van der Waals surface area contributed by atoms with Crippen LogP contribution >= 0.6 is 0 Å². The molecule has 0 spiro atoms. The largest absolute Gasteiger partial charge is 0.376 e. The van der Waals surface area contributed by atoms with Gasteiger partial charge in [0.05, 0.1) is 17.7 Å². The molecule has 0 radical (unpaired) electrons. The third-order valence-corrected chi connectivity index (χ3v) is 3.82. The van der Waals surface area contributed by atoms with Crippen LogP contribution < -0.4 is 10.6 Å².